The van der Waals surface area contributed by atoms with Gasteiger partial charge in [-0.05, 0) is 61.4 Å². The Balaban J connectivity index is 1.43. The molecule has 0 saturated carbocycles. The molecular weight excluding hydrogens is 384 g/mol. The van der Waals surface area contributed by atoms with E-state index in [-0.39, 0.29) is 0 Å². The van der Waals surface area contributed by atoms with Gasteiger partial charge in [0.1, 0.15) is 0 Å². The lowest BCUT2D eigenvalue weighted by Crippen LogP contribution is -1.83. The van der Waals surface area contributed by atoms with Crippen LogP contribution in [0.1, 0.15) is 17.0 Å². The number of thioether (sulfide) groups is 1. The van der Waals surface area contributed by atoms with Crippen molar-refractivity contribution in [1.29, 1.82) is 0 Å². The summed E-state index contributed by atoms with van der Waals surface area (Å²) < 4.78 is 11.4. The fourth-order valence-corrected chi connectivity index (χ4v) is 3.13. The topological polar surface area (TPSA) is 77.8 Å². The fraction of sp³-hybridized carbons (Fsp3) is 0.158. The number of hydrogen-bond acceptors (Lipinski definition) is 7. The first-order valence-electron chi connectivity index (χ1n) is 8.21. The Labute approximate surface area is 165 Å². The van der Waals surface area contributed by atoms with Crippen LogP contribution in [0, 0.1) is 13.8 Å². The lowest BCUT2D eigenvalue weighted by molar-refractivity contribution is 0.464. The molecule has 0 spiro atoms. The molecule has 0 unspecified atom stereocenters. The van der Waals surface area contributed by atoms with Crippen LogP contribution in [0.2, 0.25) is 5.02 Å². The minimum Gasteiger partial charge on any atom is -0.420 e. The van der Waals surface area contributed by atoms with Gasteiger partial charge in [-0.15, -0.1) is 20.4 Å². The van der Waals surface area contributed by atoms with Crippen molar-refractivity contribution >= 4 is 23.4 Å². The van der Waals surface area contributed by atoms with Crippen molar-refractivity contribution in [3.05, 3.63) is 64.5 Å². The molecule has 8 heteroatoms. The Morgan fingerprint density at radius 2 is 1.52 bits per heavy atom. The first kappa shape index (κ1) is 17.8. The molecule has 0 aliphatic carbocycles. The van der Waals surface area contributed by atoms with Crippen molar-refractivity contribution in [3.63, 3.8) is 0 Å². The molecular formula is C19H15ClN4O2S. The normalized spacial score (nSPS) is 11.1. The van der Waals surface area contributed by atoms with E-state index in [1.165, 1.54) is 22.9 Å². The zero-order valence-corrected chi connectivity index (χ0v) is 16.2. The molecule has 0 fully saturated rings. The van der Waals surface area contributed by atoms with Gasteiger partial charge in [0, 0.05) is 16.1 Å². The smallest absolute Gasteiger partial charge is 0.277 e. The standard InChI is InChI=1S/C19H15ClN4O2S/c1-11-3-4-14(9-12(11)2)18-23-24-19(26-18)27-10-16-21-22-17(25-16)13-5-7-15(20)8-6-13/h3-9H,10H2,1-2H3. The third-order valence-corrected chi connectivity index (χ3v) is 5.09. The SMILES string of the molecule is Cc1ccc(-c2nnc(SCc3nnc(-c4ccc(Cl)cc4)o3)o2)cc1C. The molecule has 2 heterocycles. The van der Waals surface area contributed by atoms with Crippen LogP contribution >= 0.6 is 23.4 Å². The highest BCUT2D eigenvalue weighted by Crippen LogP contribution is 2.27. The van der Waals surface area contributed by atoms with E-state index in [4.69, 9.17) is 20.4 Å². The minimum atomic E-state index is 0.440. The third-order valence-electron chi connectivity index (χ3n) is 4.04. The van der Waals surface area contributed by atoms with Gasteiger partial charge in [-0.3, -0.25) is 0 Å². The second-order valence-electron chi connectivity index (χ2n) is 5.97. The van der Waals surface area contributed by atoms with Crippen LogP contribution in [0.3, 0.4) is 0 Å². The molecule has 0 bridgehead atoms. The molecule has 27 heavy (non-hydrogen) atoms. The maximum atomic E-state index is 5.89. The highest BCUT2D eigenvalue weighted by Gasteiger charge is 2.13. The van der Waals surface area contributed by atoms with Crippen molar-refractivity contribution in [2.45, 2.75) is 24.8 Å². The number of rotatable bonds is 5. The number of halogens is 1. The quantitative estimate of drug-likeness (QED) is 0.419. The molecule has 0 saturated heterocycles. The molecule has 2 aromatic heterocycles. The minimum absolute atomic E-state index is 0.440. The predicted molar refractivity (Wildman–Crippen MR) is 104 cm³/mol. The van der Waals surface area contributed by atoms with Gasteiger partial charge < -0.3 is 8.83 Å². The first-order valence-corrected chi connectivity index (χ1v) is 9.57. The van der Waals surface area contributed by atoms with E-state index < -0.39 is 0 Å². The number of aryl methyl sites for hydroxylation is 2. The second kappa shape index (κ2) is 7.54. The fourth-order valence-electron chi connectivity index (χ4n) is 2.40. The van der Waals surface area contributed by atoms with E-state index >= 15 is 0 Å². The highest BCUT2D eigenvalue weighted by molar-refractivity contribution is 7.98. The summed E-state index contributed by atoms with van der Waals surface area (Å²) >= 11 is 7.24. The summed E-state index contributed by atoms with van der Waals surface area (Å²) in [5, 5.41) is 17.4. The van der Waals surface area contributed by atoms with Crippen LogP contribution in [0.15, 0.2) is 56.5 Å². The Morgan fingerprint density at radius 1 is 0.815 bits per heavy atom. The monoisotopic (exact) mass is 398 g/mol. The molecule has 2 aromatic carbocycles. The number of aromatic nitrogens is 4. The maximum Gasteiger partial charge on any atom is 0.277 e. The average Bonchev–Trinajstić information content (AvgIpc) is 3.32. The van der Waals surface area contributed by atoms with E-state index in [1.807, 2.05) is 30.3 Å². The predicted octanol–water partition coefficient (Wildman–Crippen LogP) is 5.35. The van der Waals surface area contributed by atoms with Crippen molar-refractivity contribution < 1.29 is 8.83 Å². The number of benzene rings is 2. The van der Waals surface area contributed by atoms with Crippen LogP contribution in [-0.2, 0) is 5.75 Å². The average molecular weight is 399 g/mol. The van der Waals surface area contributed by atoms with E-state index in [0.717, 1.165) is 11.1 Å². The van der Waals surface area contributed by atoms with Gasteiger partial charge in [0.15, 0.2) is 0 Å². The molecule has 4 rings (SSSR count). The third kappa shape index (κ3) is 4.04. The van der Waals surface area contributed by atoms with Gasteiger partial charge in [0.05, 0.1) is 5.75 Å². The number of hydrogen-bond donors (Lipinski definition) is 0. The molecule has 136 valence electrons. The molecule has 0 atom stereocenters. The first-order chi connectivity index (χ1) is 13.1. The van der Waals surface area contributed by atoms with Gasteiger partial charge in [0.2, 0.25) is 17.7 Å². The van der Waals surface area contributed by atoms with E-state index in [0.29, 0.717) is 33.7 Å². The van der Waals surface area contributed by atoms with Crippen LogP contribution in [0.4, 0.5) is 0 Å². The lowest BCUT2D eigenvalue weighted by atomic mass is 10.1. The van der Waals surface area contributed by atoms with Crippen molar-refractivity contribution in [3.8, 4) is 22.9 Å². The van der Waals surface area contributed by atoms with Crippen molar-refractivity contribution in [2.24, 2.45) is 0 Å². The van der Waals surface area contributed by atoms with Gasteiger partial charge in [-0.1, -0.05) is 29.4 Å². The summed E-state index contributed by atoms with van der Waals surface area (Å²) in [6, 6.07) is 13.3. The summed E-state index contributed by atoms with van der Waals surface area (Å²) in [6.45, 7) is 4.12. The van der Waals surface area contributed by atoms with Gasteiger partial charge >= 0.3 is 0 Å². The molecule has 0 amide bonds. The van der Waals surface area contributed by atoms with Crippen LogP contribution < -0.4 is 0 Å². The largest absolute Gasteiger partial charge is 0.420 e. The van der Waals surface area contributed by atoms with E-state index in [2.05, 4.69) is 34.2 Å². The summed E-state index contributed by atoms with van der Waals surface area (Å²) in [7, 11) is 0. The van der Waals surface area contributed by atoms with Crippen LogP contribution in [0.25, 0.3) is 22.9 Å². The molecule has 6 nitrogen and oxygen atoms in total. The summed E-state index contributed by atoms with van der Waals surface area (Å²) in [5.41, 5.74) is 4.12. The van der Waals surface area contributed by atoms with Gasteiger partial charge in [-0.2, -0.15) is 0 Å². The van der Waals surface area contributed by atoms with E-state index in [1.54, 1.807) is 12.1 Å². The zero-order valence-electron chi connectivity index (χ0n) is 14.6. The lowest BCUT2D eigenvalue weighted by Gasteiger charge is -2.00. The summed E-state index contributed by atoms with van der Waals surface area (Å²) in [6.07, 6.45) is 0. The summed E-state index contributed by atoms with van der Waals surface area (Å²) in [4.78, 5) is 0. The second-order valence-corrected chi connectivity index (χ2v) is 7.33. The van der Waals surface area contributed by atoms with Gasteiger partial charge in [0.25, 0.3) is 5.22 Å². The van der Waals surface area contributed by atoms with Crippen LogP contribution in [-0.4, -0.2) is 20.4 Å². The van der Waals surface area contributed by atoms with Gasteiger partial charge in [-0.25, -0.2) is 0 Å². The molecule has 0 N–H and O–H groups in total. The maximum absolute atomic E-state index is 5.89. The van der Waals surface area contributed by atoms with E-state index in [9.17, 15) is 0 Å². The Morgan fingerprint density at radius 3 is 2.30 bits per heavy atom. The Kier molecular flexibility index (Phi) is 4.96. The number of nitrogens with zero attached hydrogens (tertiary/aromatic N) is 4. The Bertz CT molecular complexity index is 1080. The zero-order chi connectivity index (χ0) is 18.8. The van der Waals surface area contributed by atoms with Crippen LogP contribution in [0.5, 0.6) is 0 Å². The highest BCUT2D eigenvalue weighted by atomic mass is 35.5. The summed E-state index contributed by atoms with van der Waals surface area (Å²) in [5.74, 6) is 1.86. The molecule has 0 aliphatic rings. The Hall–Kier alpha value is -2.64. The van der Waals surface area contributed by atoms with Crippen molar-refractivity contribution in [2.75, 3.05) is 0 Å². The molecule has 0 aliphatic heterocycles. The molecule has 4 aromatic rings. The van der Waals surface area contributed by atoms with Crippen molar-refractivity contribution in [1.82, 2.24) is 20.4 Å². The molecule has 0 radical (unpaired) electrons.